The van der Waals surface area contributed by atoms with Crippen LogP contribution >= 0.6 is 11.8 Å². The van der Waals surface area contributed by atoms with Crippen LogP contribution in [-0.2, 0) is 17.8 Å². The molecule has 27 heavy (non-hydrogen) atoms. The number of aromatic nitrogens is 3. The Hall–Kier alpha value is -2.67. The number of para-hydroxylation sites is 1. The van der Waals surface area contributed by atoms with E-state index in [1.807, 2.05) is 22.8 Å². The number of carbonyl (C=O) groups excluding carboxylic acids is 1. The molecule has 0 fully saturated rings. The molecule has 0 spiro atoms. The van der Waals surface area contributed by atoms with Gasteiger partial charge in [-0.25, -0.2) is 4.39 Å². The minimum Gasteiger partial charge on any atom is -0.341 e. The van der Waals surface area contributed by atoms with Crippen molar-refractivity contribution in [2.24, 2.45) is 0 Å². The van der Waals surface area contributed by atoms with Gasteiger partial charge in [-0.05, 0) is 35.7 Å². The summed E-state index contributed by atoms with van der Waals surface area (Å²) in [5, 5.41) is 8.84. The van der Waals surface area contributed by atoms with Gasteiger partial charge in [-0.15, -0.1) is 10.2 Å². The zero-order valence-electron chi connectivity index (χ0n) is 15.3. The van der Waals surface area contributed by atoms with E-state index in [9.17, 15) is 9.18 Å². The first kappa shape index (κ1) is 19.1. The zero-order chi connectivity index (χ0) is 19.2. The lowest BCUT2D eigenvalue weighted by Crippen LogP contribution is -2.27. The summed E-state index contributed by atoms with van der Waals surface area (Å²) in [6.45, 7) is 2.54. The molecular weight excluding hydrogens is 363 g/mol. The van der Waals surface area contributed by atoms with Gasteiger partial charge in [-0.1, -0.05) is 49.0 Å². The van der Waals surface area contributed by atoms with Gasteiger partial charge in [0, 0.05) is 13.6 Å². The fraction of sp³-hybridized carbons (Fsp3) is 0.250. The number of hydrogen-bond donors (Lipinski definition) is 0. The van der Waals surface area contributed by atoms with Gasteiger partial charge in [0.2, 0.25) is 5.91 Å². The summed E-state index contributed by atoms with van der Waals surface area (Å²) in [5.74, 6) is -0.0531. The number of halogens is 1. The van der Waals surface area contributed by atoms with Crippen LogP contribution in [-0.4, -0.2) is 38.4 Å². The largest absolute Gasteiger partial charge is 0.341 e. The van der Waals surface area contributed by atoms with Gasteiger partial charge >= 0.3 is 0 Å². The Balaban J connectivity index is 1.64. The van der Waals surface area contributed by atoms with Crippen molar-refractivity contribution in [1.29, 1.82) is 0 Å². The molecule has 3 rings (SSSR count). The third-order valence-electron chi connectivity index (χ3n) is 4.23. The summed E-state index contributed by atoms with van der Waals surface area (Å²) in [7, 11) is 1.74. The summed E-state index contributed by atoms with van der Waals surface area (Å²) in [5.41, 5.74) is 3.11. The van der Waals surface area contributed by atoms with Crippen LogP contribution in [0, 0.1) is 5.82 Å². The minimum absolute atomic E-state index is 0.0253. The zero-order valence-corrected chi connectivity index (χ0v) is 16.1. The Bertz CT molecular complexity index is 910. The van der Waals surface area contributed by atoms with E-state index < -0.39 is 0 Å². The Morgan fingerprint density at radius 1 is 1.19 bits per heavy atom. The van der Waals surface area contributed by atoms with Crippen LogP contribution in [0.15, 0.2) is 60.0 Å². The smallest absolute Gasteiger partial charge is 0.233 e. The van der Waals surface area contributed by atoms with Gasteiger partial charge in [0.25, 0.3) is 0 Å². The molecule has 1 heterocycles. The molecule has 0 aliphatic rings. The molecule has 3 aromatic rings. The van der Waals surface area contributed by atoms with E-state index >= 15 is 0 Å². The summed E-state index contributed by atoms with van der Waals surface area (Å²) >= 11 is 1.36. The Morgan fingerprint density at radius 3 is 2.67 bits per heavy atom. The Kier molecular flexibility index (Phi) is 6.24. The van der Waals surface area contributed by atoms with Crippen molar-refractivity contribution in [1.82, 2.24) is 19.7 Å². The van der Waals surface area contributed by atoms with Crippen LogP contribution < -0.4 is 0 Å². The molecule has 0 unspecified atom stereocenters. The van der Waals surface area contributed by atoms with E-state index in [0.29, 0.717) is 11.7 Å². The molecule has 0 radical (unpaired) electrons. The maximum absolute atomic E-state index is 13.0. The Morgan fingerprint density at radius 2 is 1.93 bits per heavy atom. The van der Waals surface area contributed by atoms with Crippen LogP contribution in [0.4, 0.5) is 4.39 Å². The van der Waals surface area contributed by atoms with Gasteiger partial charge in [-0.2, -0.15) is 0 Å². The molecule has 5 nitrogen and oxygen atoms in total. The number of aryl methyl sites for hydroxylation is 1. The van der Waals surface area contributed by atoms with Crippen molar-refractivity contribution >= 4 is 17.7 Å². The number of benzene rings is 2. The SMILES string of the molecule is CCc1ccccc1-n1cnnc1SCC(=O)N(C)Cc1ccc(F)cc1. The highest BCUT2D eigenvalue weighted by Crippen LogP contribution is 2.22. The minimum atomic E-state index is -0.282. The van der Waals surface area contributed by atoms with Crippen molar-refractivity contribution < 1.29 is 9.18 Å². The highest BCUT2D eigenvalue weighted by molar-refractivity contribution is 7.99. The average molecular weight is 384 g/mol. The molecule has 0 N–H and O–H groups in total. The van der Waals surface area contributed by atoms with E-state index in [2.05, 4.69) is 23.2 Å². The van der Waals surface area contributed by atoms with Gasteiger partial charge in [0.1, 0.15) is 12.1 Å². The fourth-order valence-corrected chi connectivity index (χ4v) is 3.58. The predicted octanol–water partition coefficient (Wildman–Crippen LogP) is 3.72. The van der Waals surface area contributed by atoms with Gasteiger partial charge in [0.05, 0.1) is 11.4 Å². The molecular formula is C20H21FN4OS. The van der Waals surface area contributed by atoms with Crippen LogP contribution in [0.3, 0.4) is 0 Å². The van der Waals surface area contributed by atoms with Gasteiger partial charge < -0.3 is 4.90 Å². The summed E-state index contributed by atoms with van der Waals surface area (Å²) in [6.07, 6.45) is 2.57. The first-order valence-electron chi connectivity index (χ1n) is 8.68. The molecule has 1 aromatic heterocycles. The topological polar surface area (TPSA) is 51.0 Å². The lowest BCUT2D eigenvalue weighted by Gasteiger charge is -2.17. The van der Waals surface area contributed by atoms with E-state index in [1.54, 1.807) is 30.4 Å². The number of carbonyl (C=O) groups is 1. The Labute approximate surface area is 162 Å². The summed E-state index contributed by atoms with van der Waals surface area (Å²) in [6, 6.07) is 14.2. The molecule has 0 saturated carbocycles. The van der Waals surface area contributed by atoms with Crippen LogP contribution in [0.1, 0.15) is 18.1 Å². The van der Waals surface area contributed by atoms with Crippen molar-refractivity contribution in [3.63, 3.8) is 0 Å². The first-order valence-corrected chi connectivity index (χ1v) is 9.66. The first-order chi connectivity index (χ1) is 13.1. The van der Waals surface area contributed by atoms with E-state index in [1.165, 1.54) is 29.5 Å². The van der Waals surface area contributed by atoms with Crippen molar-refractivity contribution in [2.45, 2.75) is 25.0 Å². The average Bonchev–Trinajstić information content (AvgIpc) is 3.16. The van der Waals surface area contributed by atoms with Crippen molar-refractivity contribution in [2.75, 3.05) is 12.8 Å². The number of thioether (sulfide) groups is 1. The fourth-order valence-electron chi connectivity index (χ4n) is 2.72. The maximum atomic E-state index is 13.0. The highest BCUT2D eigenvalue weighted by atomic mass is 32.2. The molecule has 1 amide bonds. The predicted molar refractivity (Wildman–Crippen MR) is 104 cm³/mol. The van der Waals surface area contributed by atoms with Crippen molar-refractivity contribution in [3.05, 3.63) is 71.8 Å². The van der Waals surface area contributed by atoms with Gasteiger partial charge in [0.15, 0.2) is 5.16 Å². The third-order valence-corrected chi connectivity index (χ3v) is 5.16. The molecule has 2 aromatic carbocycles. The highest BCUT2D eigenvalue weighted by Gasteiger charge is 2.14. The number of amides is 1. The summed E-state index contributed by atoms with van der Waals surface area (Å²) in [4.78, 5) is 14.1. The third kappa shape index (κ3) is 4.74. The second-order valence-corrected chi connectivity index (χ2v) is 7.07. The molecule has 0 saturated heterocycles. The lowest BCUT2D eigenvalue weighted by molar-refractivity contribution is -0.127. The number of rotatable bonds is 7. The number of hydrogen-bond acceptors (Lipinski definition) is 4. The molecule has 0 aliphatic heterocycles. The van der Waals surface area contributed by atoms with E-state index in [0.717, 1.165) is 17.7 Å². The normalized spacial score (nSPS) is 10.8. The monoisotopic (exact) mass is 384 g/mol. The molecule has 0 aliphatic carbocycles. The van der Waals surface area contributed by atoms with E-state index in [-0.39, 0.29) is 17.5 Å². The standard InChI is InChI=1S/C20H21FN4OS/c1-3-16-6-4-5-7-18(16)25-14-22-23-20(25)27-13-19(26)24(2)12-15-8-10-17(21)11-9-15/h4-11,14H,3,12-13H2,1-2H3. The maximum Gasteiger partial charge on any atom is 0.233 e. The molecule has 7 heteroatoms. The van der Waals surface area contributed by atoms with E-state index in [4.69, 9.17) is 0 Å². The second-order valence-electron chi connectivity index (χ2n) is 6.13. The van der Waals surface area contributed by atoms with Gasteiger partial charge in [-0.3, -0.25) is 9.36 Å². The molecule has 140 valence electrons. The summed E-state index contributed by atoms with van der Waals surface area (Å²) < 4.78 is 14.9. The molecule has 0 bridgehead atoms. The molecule has 0 atom stereocenters. The van der Waals surface area contributed by atoms with Crippen LogP contribution in [0.25, 0.3) is 5.69 Å². The van der Waals surface area contributed by atoms with Crippen LogP contribution in [0.2, 0.25) is 0 Å². The van der Waals surface area contributed by atoms with Crippen LogP contribution in [0.5, 0.6) is 0 Å². The van der Waals surface area contributed by atoms with Crippen molar-refractivity contribution in [3.8, 4) is 5.69 Å². The lowest BCUT2D eigenvalue weighted by atomic mass is 10.1. The quantitative estimate of drug-likeness (QED) is 0.583. The second kappa shape index (κ2) is 8.81. The number of nitrogens with zero attached hydrogens (tertiary/aromatic N) is 4.